The van der Waals surface area contributed by atoms with Crippen molar-refractivity contribution in [1.82, 2.24) is 0 Å². The number of nitrogens with zero attached hydrogens (tertiary/aromatic N) is 1. The fourth-order valence-electron chi connectivity index (χ4n) is 3.76. The van der Waals surface area contributed by atoms with E-state index in [1.807, 2.05) is 6.07 Å². The summed E-state index contributed by atoms with van der Waals surface area (Å²) in [6.45, 7) is 0.185. The van der Waals surface area contributed by atoms with Crippen LogP contribution < -0.4 is 9.47 Å². The van der Waals surface area contributed by atoms with Gasteiger partial charge in [0, 0.05) is 17.9 Å². The maximum atomic E-state index is 13.3. The molecule has 0 saturated heterocycles. The minimum atomic E-state index is -0.515. The monoisotopic (exact) mass is 337 g/mol. The summed E-state index contributed by atoms with van der Waals surface area (Å²) in [7, 11) is 0. The molecule has 0 fully saturated rings. The number of carbonyl (C=O) groups is 1. The van der Waals surface area contributed by atoms with E-state index in [4.69, 9.17) is 9.47 Å². The lowest BCUT2D eigenvalue weighted by Gasteiger charge is -2.29. The van der Waals surface area contributed by atoms with Gasteiger partial charge in [0.1, 0.15) is 11.6 Å². The predicted octanol–water partition coefficient (Wildman–Crippen LogP) is 3.54. The van der Waals surface area contributed by atoms with Gasteiger partial charge in [0.15, 0.2) is 11.5 Å². The van der Waals surface area contributed by atoms with Crippen LogP contribution >= 0.6 is 0 Å². The highest BCUT2D eigenvalue weighted by atomic mass is 19.1. The molecule has 2 aliphatic rings. The van der Waals surface area contributed by atoms with E-state index in [0.29, 0.717) is 29.9 Å². The van der Waals surface area contributed by atoms with Crippen LogP contribution in [0.3, 0.4) is 0 Å². The molecule has 1 aliphatic carbocycles. The topological polar surface area (TPSA) is 59.3 Å². The molecule has 1 heterocycles. The first kappa shape index (κ1) is 15.6. The first-order valence-electron chi connectivity index (χ1n) is 8.25. The SMILES string of the molecule is N#CC1c2ccc3c(c2CCC1C(=O)Cc1cccc(F)c1)OCO3. The molecule has 2 aromatic rings. The van der Waals surface area contributed by atoms with Gasteiger partial charge in [0.2, 0.25) is 6.79 Å². The van der Waals surface area contributed by atoms with Crippen LogP contribution in [0.15, 0.2) is 36.4 Å². The number of halogens is 1. The molecule has 0 aromatic heterocycles. The van der Waals surface area contributed by atoms with Gasteiger partial charge in [0.25, 0.3) is 0 Å². The highest BCUT2D eigenvalue weighted by Crippen LogP contribution is 2.46. The molecule has 25 heavy (non-hydrogen) atoms. The fourth-order valence-corrected chi connectivity index (χ4v) is 3.76. The van der Waals surface area contributed by atoms with Crippen LogP contribution in [0.1, 0.15) is 29.0 Å². The third-order valence-electron chi connectivity index (χ3n) is 4.94. The van der Waals surface area contributed by atoms with Gasteiger partial charge in [0.05, 0.1) is 12.0 Å². The molecule has 2 unspecified atom stereocenters. The lowest BCUT2D eigenvalue weighted by atomic mass is 9.72. The lowest BCUT2D eigenvalue weighted by molar-refractivity contribution is -0.122. The molecule has 2 atom stereocenters. The Bertz CT molecular complexity index is 887. The van der Waals surface area contributed by atoms with Crippen LogP contribution in [0.5, 0.6) is 11.5 Å². The number of hydrogen-bond donors (Lipinski definition) is 0. The number of Topliss-reactive ketones (excluding diaryl/α,β-unsaturated/α-hetero) is 1. The number of ether oxygens (including phenoxy) is 2. The van der Waals surface area contributed by atoms with Crippen LogP contribution in [-0.4, -0.2) is 12.6 Å². The average molecular weight is 337 g/mol. The van der Waals surface area contributed by atoms with E-state index in [9.17, 15) is 14.4 Å². The molecule has 2 aromatic carbocycles. The number of nitriles is 1. The van der Waals surface area contributed by atoms with Crippen molar-refractivity contribution in [2.45, 2.75) is 25.2 Å². The molecular weight excluding hydrogens is 321 g/mol. The Morgan fingerprint density at radius 1 is 1.28 bits per heavy atom. The number of rotatable bonds is 3. The van der Waals surface area contributed by atoms with Crippen LogP contribution in [0.2, 0.25) is 0 Å². The molecular formula is C20H16FNO3. The summed E-state index contributed by atoms with van der Waals surface area (Å²) in [4.78, 5) is 12.8. The summed E-state index contributed by atoms with van der Waals surface area (Å²) in [5.41, 5.74) is 2.45. The Hall–Kier alpha value is -2.87. The number of ketones is 1. The van der Waals surface area contributed by atoms with E-state index in [1.54, 1.807) is 18.2 Å². The normalized spacial score (nSPS) is 20.6. The molecule has 0 amide bonds. The molecule has 0 N–H and O–H groups in total. The minimum Gasteiger partial charge on any atom is -0.454 e. The second-order valence-electron chi connectivity index (χ2n) is 6.39. The minimum absolute atomic E-state index is 0.0273. The van der Waals surface area contributed by atoms with Crippen molar-refractivity contribution in [2.24, 2.45) is 5.92 Å². The molecule has 5 heteroatoms. The molecule has 1 aliphatic heterocycles. The second-order valence-corrected chi connectivity index (χ2v) is 6.39. The van der Waals surface area contributed by atoms with Crippen molar-refractivity contribution in [2.75, 3.05) is 6.79 Å². The summed E-state index contributed by atoms with van der Waals surface area (Å²) >= 11 is 0. The van der Waals surface area contributed by atoms with Gasteiger partial charge in [-0.1, -0.05) is 18.2 Å². The van der Waals surface area contributed by atoms with E-state index in [-0.39, 0.29) is 30.7 Å². The third kappa shape index (κ3) is 2.74. The Morgan fingerprint density at radius 3 is 2.96 bits per heavy atom. The standard InChI is InChI=1S/C20H16FNO3/c21-13-3-1-2-12(8-13)9-18(23)15-4-5-16-14(17(15)10-22)6-7-19-20(16)25-11-24-19/h1-3,6-8,15,17H,4-5,9,11H2. The quantitative estimate of drug-likeness (QED) is 0.859. The first-order valence-corrected chi connectivity index (χ1v) is 8.25. The van der Waals surface area contributed by atoms with E-state index >= 15 is 0 Å². The maximum absolute atomic E-state index is 13.3. The Labute approximate surface area is 144 Å². The average Bonchev–Trinajstić information content (AvgIpc) is 3.09. The Kier molecular flexibility index (Phi) is 3.89. The van der Waals surface area contributed by atoms with Crippen molar-refractivity contribution < 1.29 is 18.7 Å². The number of hydrogen-bond acceptors (Lipinski definition) is 4. The molecule has 0 spiro atoms. The molecule has 126 valence electrons. The van der Waals surface area contributed by atoms with Gasteiger partial charge in [-0.3, -0.25) is 4.79 Å². The van der Waals surface area contributed by atoms with Gasteiger partial charge in [-0.2, -0.15) is 5.26 Å². The number of benzene rings is 2. The zero-order valence-electron chi connectivity index (χ0n) is 13.5. The van der Waals surface area contributed by atoms with Crippen LogP contribution in [0, 0.1) is 23.1 Å². The zero-order chi connectivity index (χ0) is 17.4. The van der Waals surface area contributed by atoms with E-state index in [0.717, 1.165) is 11.1 Å². The van der Waals surface area contributed by atoms with Gasteiger partial charge in [-0.05, 0) is 42.2 Å². The van der Waals surface area contributed by atoms with Crippen LogP contribution in [-0.2, 0) is 17.6 Å². The Morgan fingerprint density at radius 2 is 2.16 bits per heavy atom. The van der Waals surface area contributed by atoms with Gasteiger partial charge < -0.3 is 9.47 Å². The molecule has 0 saturated carbocycles. The summed E-state index contributed by atoms with van der Waals surface area (Å²) in [6, 6.07) is 12.0. The zero-order valence-corrected chi connectivity index (χ0v) is 13.5. The van der Waals surface area contributed by atoms with E-state index < -0.39 is 5.92 Å². The maximum Gasteiger partial charge on any atom is 0.231 e. The molecule has 4 rings (SSSR count). The first-order chi connectivity index (χ1) is 12.2. The highest BCUT2D eigenvalue weighted by Gasteiger charge is 2.37. The Balaban J connectivity index is 1.62. The van der Waals surface area contributed by atoms with Crippen molar-refractivity contribution in [3.8, 4) is 17.6 Å². The summed E-state index contributed by atoms with van der Waals surface area (Å²) in [5.74, 6) is 0.110. The highest BCUT2D eigenvalue weighted by molar-refractivity contribution is 5.85. The molecule has 0 radical (unpaired) electrons. The largest absolute Gasteiger partial charge is 0.454 e. The lowest BCUT2D eigenvalue weighted by Crippen LogP contribution is -2.28. The van der Waals surface area contributed by atoms with Gasteiger partial charge >= 0.3 is 0 Å². The number of fused-ring (bicyclic) bond motifs is 3. The van der Waals surface area contributed by atoms with Crippen molar-refractivity contribution in [3.63, 3.8) is 0 Å². The summed E-state index contributed by atoms with van der Waals surface area (Å²) in [5, 5.41) is 9.68. The van der Waals surface area contributed by atoms with Crippen LogP contribution in [0.25, 0.3) is 0 Å². The smallest absolute Gasteiger partial charge is 0.231 e. The van der Waals surface area contributed by atoms with Gasteiger partial charge in [-0.15, -0.1) is 0 Å². The molecule has 4 nitrogen and oxygen atoms in total. The molecule has 0 bridgehead atoms. The van der Waals surface area contributed by atoms with Crippen molar-refractivity contribution >= 4 is 5.78 Å². The number of carbonyl (C=O) groups excluding carboxylic acids is 1. The summed E-state index contributed by atoms with van der Waals surface area (Å²) < 4.78 is 24.3. The van der Waals surface area contributed by atoms with Crippen molar-refractivity contribution in [3.05, 3.63) is 58.9 Å². The predicted molar refractivity (Wildman–Crippen MR) is 87.8 cm³/mol. The van der Waals surface area contributed by atoms with E-state index in [1.165, 1.54) is 12.1 Å². The van der Waals surface area contributed by atoms with Crippen molar-refractivity contribution in [1.29, 1.82) is 5.26 Å². The van der Waals surface area contributed by atoms with Crippen LogP contribution in [0.4, 0.5) is 4.39 Å². The third-order valence-corrected chi connectivity index (χ3v) is 4.94. The fraction of sp³-hybridized carbons (Fsp3) is 0.300. The van der Waals surface area contributed by atoms with E-state index in [2.05, 4.69) is 6.07 Å². The summed E-state index contributed by atoms with van der Waals surface area (Å²) in [6.07, 6.45) is 1.39. The second kappa shape index (κ2) is 6.21. The van der Waals surface area contributed by atoms with Gasteiger partial charge in [-0.25, -0.2) is 4.39 Å².